The van der Waals surface area contributed by atoms with Gasteiger partial charge in [-0.3, -0.25) is 14.5 Å². The summed E-state index contributed by atoms with van der Waals surface area (Å²) in [6.07, 6.45) is 0. The number of amides is 1. The number of aliphatic hydroxyl groups is 1. The average molecular weight is 622 g/mol. The minimum absolute atomic E-state index is 0.0354. The molecule has 1 aliphatic rings. The van der Waals surface area contributed by atoms with E-state index in [2.05, 4.69) is 10.2 Å². The number of carbonyl (C=O) groups excluding carboxylic acids is 2. The number of ether oxygens (including phenoxy) is 2. The number of benzene rings is 4. The van der Waals surface area contributed by atoms with Gasteiger partial charge in [0.25, 0.3) is 5.78 Å². The number of Topliss-reactive ketones (excluding diaryl/α,β-unsaturated/α-hetero) is 1. The number of anilines is 1. The number of nitrogens with zero attached hydrogens (tertiary/aromatic N) is 3. The SMILES string of the molecule is COc1ccc(/C(O)=C2/C(=O)C(=O)N(c3nnc(SCc4ccccc4)s3)C2c2ccc(OCc3ccccc3)cc2)cc1. The lowest BCUT2D eigenvalue weighted by atomic mass is 9.95. The summed E-state index contributed by atoms with van der Waals surface area (Å²) in [5, 5.41) is 20.3. The van der Waals surface area contributed by atoms with Crippen LogP contribution in [0.1, 0.15) is 28.3 Å². The molecular weight excluding hydrogens is 595 g/mol. The van der Waals surface area contributed by atoms with E-state index in [0.29, 0.717) is 39.3 Å². The Morgan fingerprint density at radius 3 is 2.14 bits per heavy atom. The van der Waals surface area contributed by atoms with Crippen LogP contribution in [-0.2, 0) is 21.9 Å². The van der Waals surface area contributed by atoms with Crippen LogP contribution >= 0.6 is 23.1 Å². The lowest BCUT2D eigenvalue weighted by molar-refractivity contribution is -0.132. The summed E-state index contributed by atoms with van der Waals surface area (Å²) >= 11 is 2.72. The summed E-state index contributed by atoms with van der Waals surface area (Å²) in [6.45, 7) is 0.393. The number of hydrogen-bond acceptors (Lipinski definition) is 9. The molecule has 1 unspecified atom stereocenters. The Labute approximate surface area is 262 Å². The summed E-state index contributed by atoms with van der Waals surface area (Å²) in [5.41, 5.74) is 3.12. The van der Waals surface area contributed by atoms with Crippen LogP contribution in [0.25, 0.3) is 5.76 Å². The number of aromatic nitrogens is 2. The van der Waals surface area contributed by atoms with Gasteiger partial charge in [-0.2, -0.15) is 0 Å². The molecule has 1 aromatic heterocycles. The molecule has 44 heavy (non-hydrogen) atoms. The monoisotopic (exact) mass is 621 g/mol. The number of thioether (sulfide) groups is 1. The first kappa shape index (κ1) is 29.2. The quantitative estimate of drug-likeness (QED) is 0.0582. The zero-order chi connectivity index (χ0) is 30.5. The minimum atomic E-state index is -0.930. The van der Waals surface area contributed by atoms with E-state index in [1.54, 1.807) is 55.6 Å². The Balaban J connectivity index is 1.34. The molecule has 0 aliphatic carbocycles. The molecular formula is C34H27N3O5S2. The molecule has 1 amide bonds. The number of methoxy groups -OCH3 is 1. The van der Waals surface area contributed by atoms with Gasteiger partial charge in [0.1, 0.15) is 23.9 Å². The Morgan fingerprint density at radius 2 is 1.48 bits per heavy atom. The molecule has 0 spiro atoms. The van der Waals surface area contributed by atoms with Crippen LogP contribution in [0.2, 0.25) is 0 Å². The van der Waals surface area contributed by atoms with Crippen LogP contribution < -0.4 is 14.4 Å². The van der Waals surface area contributed by atoms with Crippen molar-refractivity contribution < 1.29 is 24.2 Å². The van der Waals surface area contributed by atoms with E-state index in [1.807, 2.05) is 60.7 Å². The Bertz CT molecular complexity index is 1790. The number of hydrogen-bond donors (Lipinski definition) is 1. The van der Waals surface area contributed by atoms with Crippen molar-refractivity contribution in [3.05, 3.63) is 137 Å². The Morgan fingerprint density at radius 1 is 0.841 bits per heavy atom. The fourth-order valence-electron chi connectivity index (χ4n) is 4.81. The van der Waals surface area contributed by atoms with Crippen LogP contribution in [0.5, 0.6) is 11.5 Å². The first-order chi connectivity index (χ1) is 21.5. The van der Waals surface area contributed by atoms with Crippen LogP contribution in [-0.4, -0.2) is 34.1 Å². The van der Waals surface area contributed by atoms with E-state index in [-0.39, 0.29) is 16.5 Å². The van der Waals surface area contributed by atoms with Gasteiger partial charge in [-0.15, -0.1) is 10.2 Å². The molecule has 0 bridgehead atoms. The van der Waals surface area contributed by atoms with Crippen molar-refractivity contribution in [3.63, 3.8) is 0 Å². The lowest BCUT2D eigenvalue weighted by Gasteiger charge is -2.22. The molecule has 5 aromatic rings. The Hall–Kier alpha value is -4.93. The Kier molecular flexibility index (Phi) is 8.71. The standard InChI is InChI=1S/C34H27N3O5S2/c1-41-26-16-14-25(15-17-26)30(38)28-29(24-12-18-27(19-13-24)42-20-22-8-4-2-5-9-22)37(32(40)31(28)39)33-35-36-34(44-33)43-21-23-10-6-3-7-11-23/h2-19,29,38H,20-21H2,1H3/b30-28-. The molecule has 1 saturated heterocycles. The van der Waals surface area contributed by atoms with Crippen molar-refractivity contribution in [1.29, 1.82) is 0 Å². The molecule has 10 heteroatoms. The molecule has 1 aliphatic heterocycles. The zero-order valence-corrected chi connectivity index (χ0v) is 25.3. The van der Waals surface area contributed by atoms with Gasteiger partial charge in [-0.25, -0.2) is 0 Å². The first-order valence-corrected chi connectivity index (χ1v) is 15.5. The smallest absolute Gasteiger partial charge is 0.301 e. The van der Waals surface area contributed by atoms with Crippen LogP contribution in [0, 0.1) is 0 Å². The highest BCUT2D eigenvalue weighted by molar-refractivity contribution is 8.00. The second-order valence-corrected chi connectivity index (χ2v) is 12.0. The van der Waals surface area contributed by atoms with E-state index >= 15 is 0 Å². The molecule has 1 atom stereocenters. The second kappa shape index (κ2) is 13.2. The van der Waals surface area contributed by atoms with E-state index in [1.165, 1.54) is 28.0 Å². The van der Waals surface area contributed by atoms with Crippen molar-refractivity contribution in [1.82, 2.24) is 10.2 Å². The number of rotatable bonds is 10. The van der Waals surface area contributed by atoms with Crippen molar-refractivity contribution >= 4 is 45.7 Å². The lowest BCUT2D eigenvalue weighted by Crippen LogP contribution is -2.29. The van der Waals surface area contributed by atoms with Gasteiger partial charge >= 0.3 is 5.91 Å². The summed E-state index contributed by atoms with van der Waals surface area (Å²) in [5.74, 6) is 0.0246. The van der Waals surface area contributed by atoms with Crippen molar-refractivity contribution in [2.45, 2.75) is 22.7 Å². The van der Waals surface area contributed by atoms with Gasteiger partial charge in [0.15, 0.2) is 4.34 Å². The average Bonchev–Trinajstić information content (AvgIpc) is 3.65. The molecule has 2 heterocycles. The summed E-state index contributed by atoms with van der Waals surface area (Å²) in [7, 11) is 1.54. The molecule has 1 fully saturated rings. The third-order valence-electron chi connectivity index (χ3n) is 7.06. The highest BCUT2D eigenvalue weighted by atomic mass is 32.2. The molecule has 1 N–H and O–H groups in total. The second-order valence-electron chi connectivity index (χ2n) is 9.87. The van der Waals surface area contributed by atoms with Gasteiger partial charge in [0.05, 0.1) is 18.7 Å². The largest absolute Gasteiger partial charge is 0.507 e. The highest BCUT2D eigenvalue weighted by Crippen LogP contribution is 2.44. The minimum Gasteiger partial charge on any atom is -0.507 e. The molecule has 6 rings (SSSR count). The molecule has 4 aromatic carbocycles. The fourth-order valence-corrected chi connectivity index (χ4v) is 6.64. The third kappa shape index (κ3) is 6.22. The summed E-state index contributed by atoms with van der Waals surface area (Å²) in [4.78, 5) is 28.4. The third-order valence-corrected chi connectivity index (χ3v) is 9.19. The predicted octanol–water partition coefficient (Wildman–Crippen LogP) is 7.04. The molecule has 0 saturated carbocycles. The number of carbonyl (C=O) groups is 2. The maximum absolute atomic E-state index is 13.6. The van der Waals surface area contributed by atoms with Gasteiger partial charge in [-0.1, -0.05) is 95.9 Å². The van der Waals surface area contributed by atoms with Crippen LogP contribution in [0.4, 0.5) is 5.13 Å². The molecule has 0 radical (unpaired) electrons. The summed E-state index contributed by atoms with van der Waals surface area (Å²) < 4.78 is 11.8. The maximum Gasteiger partial charge on any atom is 0.301 e. The molecule has 8 nitrogen and oxygen atoms in total. The van der Waals surface area contributed by atoms with Gasteiger partial charge < -0.3 is 14.6 Å². The molecule has 220 valence electrons. The maximum atomic E-state index is 13.6. The van der Waals surface area contributed by atoms with Gasteiger partial charge in [0, 0.05) is 11.3 Å². The van der Waals surface area contributed by atoms with E-state index < -0.39 is 17.7 Å². The van der Waals surface area contributed by atoms with Crippen molar-refractivity contribution in [2.24, 2.45) is 0 Å². The van der Waals surface area contributed by atoms with Crippen LogP contribution in [0.15, 0.2) is 119 Å². The highest BCUT2D eigenvalue weighted by Gasteiger charge is 2.48. The van der Waals surface area contributed by atoms with E-state index in [0.717, 1.165) is 11.1 Å². The topological polar surface area (TPSA) is 102 Å². The number of ketones is 1. The van der Waals surface area contributed by atoms with Gasteiger partial charge in [-0.05, 0) is 53.1 Å². The van der Waals surface area contributed by atoms with Gasteiger partial charge in [0.2, 0.25) is 5.13 Å². The normalized spacial score (nSPS) is 15.8. The fraction of sp³-hybridized carbons (Fsp3) is 0.118. The van der Waals surface area contributed by atoms with Crippen molar-refractivity contribution in [3.8, 4) is 11.5 Å². The van der Waals surface area contributed by atoms with E-state index in [9.17, 15) is 14.7 Å². The first-order valence-electron chi connectivity index (χ1n) is 13.7. The predicted molar refractivity (Wildman–Crippen MR) is 171 cm³/mol. The van der Waals surface area contributed by atoms with E-state index in [4.69, 9.17) is 9.47 Å². The van der Waals surface area contributed by atoms with Crippen molar-refractivity contribution in [2.75, 3.05) is 12.0 Å². The summed E-state index contributed by atoms with van der Waals surface area (Å²) in [6, 6.07) is 32.6. The number of aliphatic hydroxyl groups excluding tert-OH is 1. The van der Waals surface area contributed by atoms with Crippen LogP contribution in [0.3, 0.4) is 0 Å². The zero-order valence-electron chi connectivity index (χ0n) is 23.6.